The summed E-state index contributed by atoms with van der Waals surface area (Å²) in [7, 11) is 1.73. The monoisotopic (exact) mass is 184 g/mol. The lowest BCUT2D eigenvalue weighted by Gasteiger charge is -2.26. The molecular weight excluding hydrogens is 168 g/mol. The van der Waals surface area contributed by atoms with Gasteiger partial charge in [0.05, 0.1) is 0 Å². The minimum Gasteiger partial charge on any atom is -0.355 e. The highest BCUT2D eigenvalue weighted by molar-refractivity contribution is 5.01. The fourth-order valence-corrected chi connectivity index (χ4v) is 2.98. The summed E-state index contributed by atoms with van der Waals surface area (Å²) < 4.78 is 16.6. The molecule has 2 aliphatic heterocycles. The highest BCUT2D eigenvalue weighted by Crippen LogP contribution is 2.54. The summed E-state index contributed by atoms with van der Waals surface area (Å²) in [5, 5.41) is 0. The first-order chi connectivity index (χ1) is 6.36. The van der Waals surface area contributed by atoms with Crippen LogP contribution >= 0.6 is 0 Å². The summed E-state index contributed by atoms with van der Waals surface area (Å²) in [5.41, 5.74) is 0. The molecule has 3 heteroatoms. The maximum atomic E-state index is 5.81. The Labute approximate surface area is 78.3 Å². The average molecular weight is 184 g/mol. The molecule has 2 heterocycles. The Morgan fingerprint density at radius 2 is 2.08 bits per heavy atom. The van der Waals surface area contributed by atoms with Crippen molar-refractivity contribution in [2.45, 2.75) is 37.8 Å². The summed E-state index contributed by atoms with van der Waals surface area (Å²) in [6, 6.07) is 0. The SMILES string of the molecule is COC1OC2(CO2)C2CCCCC12. The fourth-order valence-electron chi connectivity index (χ4n) is 2.98. The molecule has 3 nitrogen and oxygen atoms in total. The molecule has 3 rings (SSSR count). The highest BCUT2D eigenvalue weighted by atomic mass is 16.8. The number of hydrogen-bond acceptors (Lipinski definition) is 3. The van der Waals surface area contributed by atoms with Crippen molar-refractivity contribution in [2.75, 3.05) is 13.7 Å². The van der Waals surface area contributed by atoms with Crippen molar-refractivity contribution in [1.82, 2.24) is 0 Å². The molecule has 0 aromatic heterocycles. The van der Waals surface area contributed by atoms with Gasteiger partial charge in [-0.25, -0.2) is 0 Å². The molecule has 3 fully saturated rings. The Balaban J connectivity index is 1.83. The fraction of sp³-hybridized carbons (Fsp3) is 1.00. The average Bonchev–Trinajstić information content (AvgIpc) is 2.87. The quantitative estimate of drug-likeness (QED) is 0.579. The van der Waals surface area contributed by atoms with Crippen LogP contribution in [0.5, 0.6) is 0 Å². The minimum atomic E-state index is -0.217. The molecule has 3 aliphatic rings. The van der Waals surface area contributed by atoms with E-state index in [9.17, 15) is 0 Å². The Hall–Kier alpha value is -0.120. The Bertz CT molecular complexity index is 212. The lowest BCUT2D eigenvalue weighted by molar-refractivity contribution is -0.163. The third-order valence-electron chi connectivity index (χ3n) is 3.71. The lowest BCUT2D eigenvalue weighted by Crippen LogP contribution is -2.27. The first-order valence-electron chi connectivity index (χ1n) is 5.20. The molecule has 1 spiro atoms. The lowest BCUT2D eigenvalue weighted by atomic mass is 9.78. The standard InChI is InChI=1S/C10H16O3/c1-11-9-7-4-2-3-5-8(7)10(13-9)6-12-10/h7-9H,2-6H2,1H3. The van der Waals surface area contributed by atoms with Crippen molar-refractivity contribution in [3.05, 3.63) is 0 Å². The summed E-state index contributed by atoms with van der Waals surface area (Å²) in [4.78, 5) is 0. The van der Waals surface area contributed by atoms with Crippen LogP contribution in [0.4, 0.5) is 0 Å². The van der Waals surface area contributed by atoms with E-state index in [0.29, 0.717) is 11.8 Å². The summed E-state index contributed by atoms with van der Waals surface area (Å²) >= 11 is 0. The van der Waals surface area contributed by atoms with Crippen molar-refractivity contribution in [3.8, 4) is 0 Å². The van der Waals surface area contributed by atoms with Crippen LogP contribution in [0.25, 0.3) is 0 Å². The van der Waals surface area contributed by atoms with E-state index in [4.69, 9.17) is 14.2 Å². The molecule has 0 N–H and O–H groups in total. The van der Waals surface area contributed by atoms with Crippen LogP contribution in [0.15, 0.2) is 0 Å². The van der Waals surface area contributed by atoms with Crippen molar-refractivity contribution < 1.29 is 14.2 Å². The van der Waals surface area contributed by atoms with E-state index in [0.717, 1.165) is 6.61 Å². The molecule has 0 radical (unpaired) electrons. The number of rotatable bonds is 1. The second-order valence-corrected chi connectivity index (χ2v) is 4.38. The van der Waals surface area contributed by atoms with Crippen molar-refractivity contribution in [2.24, 2.45) is 11.8 Å². The number of hydrogen-bond donors (Lipinski definition) is 0. The third kappa shape index (κ3) is 1.07. The van der Waals surface area contributed by atoms with Crippen LogP contribution in [0.1, 0.15) is 25.7 Å². The number of epoxide rings is 1. The zero-order chi connectivity index (χ0) is 8.89. The number of ether oxygens (including phenoxy) is 3. The molecule has 0 aromatic carbocycles. The van der Waals surface area contributed by atoms with Crippen LogP contribution < -0.4 is 0 Å². The van der Waals surface area contributed by atoms with Gasteiger partial charge in [0.1, 0.15) is 6.61 Å². The first kappa shape index (κ1) is 8.21. The van der Waals surface area contributed by atoms with E-state index in [2.05, 4.69) is 0 Å². The molecule has 13 heavy (non-hydrogen) atoms. The van der Waals surface area contributed by atoms with Gasteiger partial charge in [0, 0.05) is 18.9 Å². The molecule has 2 saturated heterocycles. The van der Waals surface area contributed by atoms with Gasteiger partial charge >= 0.3 is 0 Å². The molecule has 74 valence electrons. The van der Waals surface area contributed by atoms with E-state index in [1.165, 1.54) is 25.7 Å². The second-order valence-electron chi connectivity index (χ2n) is 4.38. The topological polar surface area (TPSA) is 31.0 Å². The molecule has 0 bridgehead atoms. The normalized spacial score (nSPS) is 53.8. The van der Waals surface area contributed by atoms with Gasteiger partial charge in [0.2, 0.25) is 0 Å². The van der Waals surface area contributed by atoms with E-state index >= 15 is 0 Å². The Kier molecular flexibility index (Phi) is 1.70. The zero-order valence-corrected chi connectivity index (χ0v) is 7.99. The van der Waals surface area contributed by atoms with Crippen molar-refractivity contribution in [1.29, 1.82) is 0 Å². The van der Waals surface area contributed by atoms with Crippen LogP contribution in [0, 0.1) is 11.8 Å². The molecule has 4 unspecified atom stereocenters. The molecule has 1 aliphatic carbocycles. The summed E-state index contributed by atoms with van der Waals surface area (Å²) in [5.74, 6) is 0.971. The molecular formula is C10H16O3. The van der Waals surface area contributed by atoms with Gasteiger partial charge in [-0.1, -0.05) is 12.8 Å². The predicted octanol–water partition coefficient (Wildman–Crippen LogP) is 1.52. The highest BCUT2D eigenvalue weighted by Gasteiger charge is 2.64. The third-order valence-corrected chi connectivity index (χ3v) is 3.71. The number of fused-ring (bicyclic) bond motifs is 2. The van der Waals surface area contributed by atoms with Crippen LogP contribution in [0.2, 0.25) is 0 Å². The maximum absolute atomic E-state index is 5.81. The largest absolute Gasteiger partial charge is 0.355 e. The van der Waals surface area contributed by atoms with Gasteiger partial charge in [0.25, 0.3) is 0 Å². The van der Waals surface area contributed by atoms with Gasteiger partial charge in [0.15, 0.2) is 12.1 Å². The summed E-state index contributed by atoms with van der Waals surface area (Å²) in [6.07, 6.45) is 5.14. The second kappa shape index (κ2) is 2.69. The van der Waals surface area contributed by atoms with Gasteiger partial charge in [-0.3, -0.25) is 0 Å². The molecule has 0 aromatic rings. The van der Waals surface area contributed by atoms with E-state index in [1.807, 2.05) is 0 Å². The maximum Gasteiger partial charge on any atom is 0.198 e. The minimum absolute atomic E-state index is 0.00667. The zero-order valence-electron chi connectivity index (χ0n) is 7.99. The number of methoxy groups -OCH3 is 1. The Morgan fingerprint density at radius 3 is 2.77 bits per heavy atom. The first-order valence-corrected chi connectivity index (χ1v) is 5.20. The van der Waals surface area contributed by atoms with Crippen LogP contribution in [-0.4, -0.2) is 25.8 Å². The molecule has 0 amide bonds. The van der Waals surface area contributed by atoms with E-state index in [-0.39, 0.29) is 12.1 Å². The van der Waals surface area contributed by atoms with Crippen LogP contribution in [-0.2, 0) is 14.2 Å². The van der Waals surface area contributed by atoms with Gasteiger partial charge in [-0.05, 0) is 12.8 Å². The molecule has 1 saturated carbocycles. The van der Waals surface area contributed by atoms with Crippen molar-refractivity contribution >= 4 is 0 Å². The van der Waals surface area contributed by atoms with Gasteiger partial charge in [-0.2, -0.15) is 0 Å². The van der Waals surface area contributed by atoms with Crippen LogP contribution in [0.3, 0.4) is 0 Å². The molecule has 4 atom stereocenters. The van der Waals surface area contributed by atoms with E-state index < -0.39 is 0 Å². The van der Waals surface area contributed by atoms with E-state index in [1.54, 1.807) is 7.11 Å². The predicted molar refractivity (Wildman–Crippen MR) is 46.0 cm³/mol. The smallest absolute Gasteiger partial charge is 0.198 e. The van der Waals surface area contributed by atoms with Crippen molar-refractivity contribution in [3.63, 3.8) is 0 Å². The summed E-state index contributed by atoms with van der Waals surface area (Å²) in [6.45, 7) is 0.786. The van der Waals surface area contributed by atoms with Gasteiger partial charge in [-0.15, -0.1) is 0 Å². The Morgan fingerprint density at radius 1 is 1.31 bits per heavy atom. The van der Waals surface area contributed by atoms with Gasteiger partial charge < -0.3 is 14.2 Å².